The second kappa shape index (κ2) is 5.19. The van der Waals surface area contributed by atoms with E-state index in [0.717, 1.165) is 10.2 Å². The number of hydrogen-bond donors (Lipinski definition) is 3. The highest BCUT2D eigenvalue weighted by Crippen LogP contribution is 2.25. The molecule has 0 saturated heterocycles. The molecule has 0 aliphatic carbocycles. The van der Waals surface area contributed by atoms with Crippen molar-refractivity contribution in [2.24, 2.45) is 10.8 Å². The lowest BCUT2D eigenvalue weighted by molar-refractivity contribution is 1.01. The van der Waals surface area contributed by atoms with Crippen LogP contribution < -0.4 is 16.6 Å². The Labute approximate surface area is 95.6 Å². The Morgan fingerprint density at radius 1 is 1.57 bits per heavy atom. The van der Waals surface area contributed by atoms with Gasteiger partial charge < -0.3 is 5.32 Å². The van der Waals surface area contributed by atoms with Gasteiger partial charge in [-0.15, -0.1) is 0 Å². The van der Waals surface area contributed by atoms with Crippen molar-refractivity contribution in [3.8, 4) is 0 Å². The van der Waals surface area contributed by atoms with Gasteiger partial charge in [0, 0.05) is 16.5 Å². The molecule has 0 spiro atoms. The molecule has 0 heterocycles. The molecule has 0 radical (unpaired) electrons. The molecule has 0 atom stereocenters. The van der Waals surface area contributed by atoms with Crippen LogP contribution in [0.4, 0.5) is 5.69 Å². The van der Waals surface area contributed by atoms with E-state index in [1.54, 1.807) is 19.2 Å². The Bertz CT molecular complexity index is 353. The molecule has 4 N–H and O–H groups in total. The SMILES string of the molecule is CN=C(NN)Nc1cc(Cl)ccc1Br. The maximum absolute atomic E-state index is 5.83. The molecule has 0 bridgehead atoms. The van der Waals surface area contributed by atoms with Crippen LogP contribution in [0.3, 0.4) is 0 Å². The van der Waals surface area contributed by atoms with Gasteiger partial charge in [-0.05, 0) is 34.1 Å². The largest absolute Gasteiger partial charge is 0.324 e. The zero-order valence-electron chi connectivity index (χ0n) is 7.51. The van der Waals surface area contributed by atoms with Gasteiger partial charge in [0.15, 0.2) is 0 Å². The number of nitrogens with one attached hydrogen (secondary N) is 2. The van der Waals surface area contributed by atoms with Gasteiger partial charge in [-0.1, -0.05) is 11.6 Å². The Morgan fingerprint density at radius 3 is 2.86 bits per heavy atom. The quantitative estimate of drug-likeness (QED) is 0.318. The smallest absolute Gasteiger partial charge is 0.210 e. The summed E-state index contributed by atoms with van der Waals surface area (Å²) in [5, 5.41) is 3.61. The van der Waals surface area contributed by atoms with E-state index in [1.165, 1.54) is 0 Å². The zero-order valence-corrected chi connectivity index (χ0v) is 9.85. The molecule has 0 amide bonds. The topological polar surface area (TPSA) is 62.4 Å². The minimum absolute atomic E-state index is 0.466. The number of guanidine groups is 1. The highest BCUT2D eigenvalue weighted by molar-refractivity contribution is 9.10. The van der Waals surface area contributed by atoms with E-state index in [2.05, 4.69) is 31.7 Å². The number of aliphatic imine (C=N–C) groups is 1. The number of halogens is 2. The van der Waals surface area contributed by atoms with Gasteiger partial charge in [0.2, 0.25) is 5.96 Å². The van der Waals surface area contributed by atoms with Crippen molar-refractivity contribution >= 4 is 39.2 Å². The zero-order chi connectivity index (χ0) is 10.6. The first-order valence-electron chi connectivity index (χ1n) is 3.83. The van der Waals surface area contributed by atoms with Crippen LogP contribution in [-0.4, -0.2) is 13.0 Å². The molecule has 76 valence electrons. The lowest BCUT2D eigenvalue weighted by Gasteiger charge is -2.09. The minimum atomic E-state index is 0.466. The Morgan fingerprint density at radius 2 is 2.29 bits per heavy atom. The molecule has 0 aromatic heterocycles. The summed E-state index contributed by atoms with van der Waals surface area (Å²) < 4.78 is 0.887. The van der Waals surface area contributed by atoms with Crippen LogP contribution in [0.25, 0.3) is 0 Å². The first-order chi connectivity index (χ1) is 6.67. The number of benzene rings is 1. The summed E-state index contributed by atoms with van der Waals surface area (Å²) in [6, 6.07) is 5.40. The van der Waals surface area contributed by atoms with E-state index in [4.69, 9.17) is 17.4 Å². The van der Waals surface area contributed by atoms with Crippen molar-refractivity contribution in [3.05, 3.63) is 27.7 Å². The summed E-state index contributed by atoms with van der Waals surface area (Å²) in [7, 11) is 1.63. The molecule has 1 rings (SSSR count). The standard InChI is InChI=1S/C8H10BrClN4/c1-12-8(14-11)13-7-4-5(10)2-3-6(7)9/h2-4H,11H2,1H3,(H2,12,13,14). The van der Waals surface area contributed by atoms with Gasteiger partial charge in [-0.3, -0.25) is 10.4 Å². The lowest BCUT2D eigenvalue weighted by atomic mass is 10.3. The van der Waals surface area contributed by atoms with Gasteiger partial charge in [-0.2, -0.15) is 0 Å². The summed E-state index contributed by atoms with van der Waals surface area (Å²) >= 11 is 9.21. The van der Waals surface area contributed by atoms with Crippen LogP contribution in [-0.2, 0) is 0 Å². The number of rotatable bonds is 1. The van der Waals surface area contributed by atoms with Crippen molar-refractivity contribution in [1.29, 1.82) is 0 Å². The van der Waals surface area contributed by atoms with Gasteiger partial charge in [0.1, 0.15) is 0 Å². The van der Waals surface area contributed by atoms with E-state index >= 15 is 0 Å². The van der Waals surface area contributed by atoms with Crippen molar-refractivity contribution in [3.63, 3.8) is 0 Å². The lowest BCUT2D eigenvalue weighted by Crippen LogP contribution is -2.36. The summed E-state index contributed by atoms with van der Waals surface area (Å²) in [6.07, 6.45) is 0. The second-order valence-electron chi connectivity index (χ2n) is 2.47. The second-order valence-corrected chi connectivity index (χ2v) is 3.76. The third-order valence-electron chi connectivity index (χ3n) is 1.54. The predicted molar refractivity (Wildman–Crippen MR) is 63.5 cm³/mol. The van der Waals surface area contributed by atoms with Crippen molar-refractivity contribution < 1.29 is 0 Å². The van der Waals surface area contributed by atoms with Crippen molar-refractivity contribution in [2.45, 2.75) is 0 Å². The monoisotopic (exact) mass is 276 g/mol. The molecule has 0 aliphatic rings. The van der Waals surface area contributed by atoms with E-state index in [0.29, 0.717) is 11.0 Å². The van der Waals surface area contributed by atoms with Gasteiger partial charge in [0.05, 0.1) is 5.69 Å². The normalized spacial score (nSPS) is 11.3. The number of anilines is 1. The molecule has 6 heteroatoms. The maximum atomic E-state index is 5.83. The Hall–Kier alpha value is -0.780. The number of hydrogen-bond acceptors (Lipinski definition) is 2. The summed E-state index contributed by atoms with van der Waals surface area (Å²) in [6.45, 7) is 0. The third-order valence-corrected chi connectivity index (χ3v) is 2.47. The van der Waals surface area contributed by atoms with Crippen LogP contribution in [0.2, 0.25) is 5.02 Å². The van der Waals surface area contributed by atoms with Crippen LogP contribution in [0.1, 0.15) is 0 Å². The maximum Gasteiger partial charge on any atom is 0.210 e. The predicted octanol–water partition coefficient (Wildman–Crippen LogP) is 1.96. The highest BCUT2D eigenvalue weighted by atomic mass is 79.9. The number of hydrazine groups is 1. The van der Waals surface area contributed by atoms with Crippen LogP contribution >= 0.6 is 27.5 Å². The van der Waals surface area contributed by atoms with Crippen molar-refractivity contribution in [2.75, 3.05) is 12.4 Å². The molecular formula is C8H10BrClN4. The molecule has 4 nitrogen and oxygen atoms in total. The molecule has 0 aliphatic heterocycles. The average Bonchev–Trinajstić information content (AvgIpc) is 2.19. The molecule has 0 saturated carbocycles. The Balaban J connectivity index is 2.90. The molecular weight excluding hydrogens is 267 g/mol. The van der Waals surface area contributed by atoms with Gasteiger partial charge in [0.25, 0.3) is 0 Å². The van der Waals surface area contributed by atoms with E-state index < -0.39 is 0 Å². The molecule has 1 aromatic carbocycles. The Kier molecular flexibility index (Phi) is 4.19. The molecule has 1 aromatic rings. The van der Waals surface area contributed by atoms with Gasteiger partial charge >= 0.3 is 0 Å². The highest BCUT2D eigenvalue weighted by Gasteiger charge is 2.02. The fraction of sp³-hybridized carbons (Fsp3) is 0.125. The van der Waals surface area contributed by atoms with Crippen LogP contribution in [0.5, 0.6) is 0 Å². The number of nitrogens with zero attached hydrogens (tertiary/aromatic N) is 1. The molecule has 0 fully saturated rings. The van der Waals surface area contributed by atoms with E-state index in [9.17, 15) is 0 Å². The first-order valence-corrected chi connectivity index (χ1v) is 5.00. The minimum Gasteiger partial charge on any atom is -0.324 e. The van der Waals surface area contributed by atoms with Crippen LogP contribution in [0.15, 0.2) is 27.7 Å². The first kappa shape index (κ1) is 11.3. The summed E-state index contributed by atoms with van der Waals surface area (Å²) in [5.41, 5.74) is 3.22. The fourth-order valence-corrected chi connectivity index (χ4v) is 1.40. The van der Waals surface area contributed by atoms with Crippen LogP contribution in [0, 0.1) is 0 Å². The molecule has 14 heavy (non-hydrogen) atoms. The average molecular weight is 278 g/mol. The van der Waals surface area contributed by atoms with E-state index in [-0.39, 0.29) is 0 Å². The summed E-state index contributed by atoms with van der Waals surface area (Å²) in [4.78, 5) is 3.88. The van der Waals surface area contributed by atoms with E-state index in [1.807, 2.05) is 6.07 Å². The number of nitrogens with two attached hydrogens (primary N) is 1. The fourth-order valence-electron chi connectivity index (χ4n) is 0.877. The van der Waals surface area contributed by atoms with Gasteiger partial charge in [-0.25, -0.2) is 5.84 Å². The summed E-state index contributed by atoms with van der Waals surface area (Å²) in [5.74, 6) is 5.69. The third kappa shape index (κ3) is 2.87. The van der Waals surface area contributed by atoms with Crippen molar-refractivity contribution in [1.82, 2.24) is 5.43 Å². The molecule has 0 unspecified atom stereocenters.